The third-order valence-electron chi connectivity index (χ3n) is 4.74. The van der Waals surface area contributed by atoms with Crippen molar-refractivity contribution >= 4 is 33.2 Å². The Morgan fingerprint density at radius 2 is 1.62 bits per heavy atom. The van der Waals surface area contributed by atoms with Gasteiger partial charge in [0.15, 0.2) is 0 Å². The molecule has 0 aliphatic rings. The molecule has 0 amide bonds. The number of nitrogens with zero attached hydrogens (tertiary/aromatic N) is 3. The van der Waals surface area contributed by atoms with Crippen LogP contribution in [-0.2, 0) is 6.54 Å². The maximum Gasteiger partial charge on any atom is 0.302 e. The maximum absolute atomic E-state index is 11.9. The van der Waals surface area contributed by atoms with Crippen LogP contribution >= 0.6 is 0 Å². The molecule has 0 spiro atoms. The molecule has 1 aromatic heterocycles. The van der Waals surface area contributed by atoms with Crippen molar-refractivity contribution < 1.29 is 4.92 Å². The van der Waals surface area contributed by atoms with Gasteiger partial charge in [-0.25, -0.2) is 0 Å². The number of benzene rings is 3. The molecule has 4 aromatic rings. The molecule has 0 unspecified atom stereocenters. The van der Waals surface area contributed by atoms with Gasteiger partial charge in [0, 0.05) is 31.5 Å². The SMILES string of the molecule is CN(C)c1ccc2c(c1[N+](=O)[O-])c1ccccc1n2Cc1ccccc1. The molecule has 0 bridgehead atoms. The number of hydrogen-bond acceptors (Lipinski definition) is 3. The van der Waals surface area contributed by atoms with Crippen LogP contribution in [-0.4, -0.2) is 23.6 Å². The number of para-hydroxylation sites is 1. The molecule has 0 saturated heterocycles. The minimum absolute atomic E-state index is 0.163. The lowest BCUT2D eigenvalue weighted by atomic mass is 10.1. The van der Waals surface area contributed by atoms with E-state index in [9.17, 15) is 10.1 Å². The van der Waals surface area contributed by atoms with Gasteiger partial charge in [-0.05, 0) is 23.8 Å². The van der Waals surface area contributed by atoms with E-state index in [4.69, 9.17) is 0 Å². The van der Waals surface area contributed by atoms with Crippen LogP contribution in [0, 0.1) is 10.1 Å². The summed E-state index contributed by atoms with van der Waals surface area (Å²) in [4.78, 5) is 13.4. The fourth-order valence-corrected chi connectivity index (χ4v) is 3.59. The lowest BCUT2D eigenvalue weighted by Crippen LogP contribution is -2.11. The standard InChI is InChI=1S/C21H19N3O2/c1-22(2)19-13-12-18-20(21(19)24(25)26)16-10-6-7-11-17(16)23(18)14-15-8-4-3-5-9-15/h3-13H,14H2,1-2H3. The van der Waals surface area contributed by atoms with Gasteiger partial charge in [0.25, 0.3) is 0 Å². The summed E-state index contributed by atoms with van der Waals surface area (Å²) >= 11 is 0. The fourth-order valence-electron chi connectivity index (χ4n) is 3.59. The second kappa shape index (κ2) is 6.19. The number of fused-ring (bicyclic) bond motifs is 3. The zero-order chi connectivity index (χ0) is 18.3. The lowest BCUT2D eigenvalue weighted by molar-refractivity contribution is -0.382. The van der Waals surface area contributed by atoms with Crippen LogP contribution in [0.1, 0.15) is 5.56 Å². The van der Waals surface area contributed by atoms with Crippen molar-refractivity contribution in [3.8, 4) is 0 Å². The van der Waals surface area contributed by atoms with Gasteiger partial charge in [-0.2, -0.15) is 0 Å². The van der Waals surface area contributed by atoms with Crippen molar-refractivity contribution in [2.24, 2.45) is 0 Å². The Kier molecular flexibility index (Phi) is 3.84. The molecule has 0 atom stereocenters. The van der Waals surface area contributed by atoms with Crippen molar-refractivity contribution in [1.29, 1.82) is 0 Å². The lowest BCUT2D eigenvalue weighted by Gasteiger charge is -2.14. The predicted molar refractivity (Wildman–Crippen MR) is 106 cm³/mol. The zero-order valence-corrected chi connectivity index (χ0v) is 14.7. The summed E-state index contributed by atoms with van der Waals surface area (Å²) in [5.74, 6) is 0. The second-order valence-corrected chi connectivity index (χ2v) is 6.57. The zero-order valence-electron chi connectivity index (χ0n) is 14.7. The van der Waals surface area contributed by atoms with Crippen molar-refractivity contribution in [2.75, 3.05) is 19.0 Å². The largest absolute Gasteiger partial charge is 0.372 e. The van der Waals surface area contributed by atoms with Gasteiger partial charge >= 0.3 is 5.69 Å². The van der Waals surface area contributed by atoms with Crippen LogP contribution in [0.2, 0.25) is 0 Å². The van der Waals surface area contributed by atoms with Gasteiger partial charge in [-0.15, -0.1) is 0 Å². The number of aromatic nitrogens is 1. The van der Waals surface area contributed by atoms with E-state index in [1.807, 2.05) is 68.7 Å². The normalized spacial score (nSPS) is 11.2. The van der Waals surface area contributed by atoms with Crippen LogP contribution in [0.4, 0.5) is 11.4 Å². The van der Waals surface area contributed by atoms with E-state index in [-0.39, 0.29) is 10.6 Å². The Labute approximate surface area is 151 Å². The van der Waals surface area contributed by atoms with E-state index in [2.05, 4.69) is 16.7 Å². The van der Waals surface area contributed by atoms with Crippen LogP contribution in [0.3, 0.4) is 0 Å². The third-order valence-corrected chi connectivity index (χ3v) is 4.74. The summed E-state index contributed by atoms with van der Waals surface area (Å²) in [6, 6.07) is 21.9. The highest BCUT2D eigenvalue weighted by molar-refractivity contribution is 6.14. The molecule has 5 nitrogen and oxygen atoms in total. The molecular weight excluding hydrogens is 326 g/mol. The Balaban J connectivity index is 2.09. The summed E-state index contributed by atoms with van der Waals surface area (Å²) in [5.41, 5.74) is 3.83. The van der Waals surface area contributed by atoms with E-state index in [0.717, 1.165) is 22.0 Å². The van der Waals surface area contributed by atoms with E-state index in [1.165, 1.54) is 0 Å². The van der Waals surface area contributed by atoms with Gasteiger partial charge < -0.3 is 9.47 Å². The summed E-state index contributed by atoms with van der Waals surface area (Å²) in [7, 11) is 3.66. The Bertz CT molecular complexity index is 1110. The first-order valence-corrected chi connectivity index (χ1v) is 8.47. The average Bonchev–Trinajstić information content (AvgIpc) is 2.96. The van der Waals surface area contributed by atoms with Crippen LogP contribution < -0.4 is 4.90 Å². The average molecular weight is 345 g/mol. The monoisotopic (exact) mass is 345 g/mol. The molecule has 3 aromatic carbocycles. The van der Waals surface area contributed by atoms with E-state index < -0.39 is 0 Å². The van der Waals surface area contributed by atoms with Gasteiger partial charge in [-0.3, -0.25) is 10.1 Å². The van der Waals surface area contributed by atoms with E-state index in [0.29, 0.717) is 17.6 Å². The molecular formula is C21H19N3O2. The summed E-state index contributed by atoms with van der Waals surface area (Å²) in [6.07, 6.45) is 0. The van der Waals surface area contributed by atoms with Gasteiger partial charge in [-0.1, -0.05) is 48.5 Å². The van der Waals surface area contributed by atoms with Gasteiger partial charge in [0.2, 0.25) is 0 Å². The highest BCUT2D eigenvalue weighted by atomic mass is 16.6. The van der Waals surface area contributed by atoms with E-state index >= 15 is 0 Å². The Morgan fingerprint density at radius 1 is 0.923 bits per heavy atom. The van der Waals surface area contributed by atoms with Crippen molar-refractivity contribution in [2.45, 2.75) is 6.54 Å². The van der Waals surface area contributed by atoms with Crippen LogP contribution in [0.5, 0.6) is 0 Å². The molecule has 0 aliphatic carbocycles. The van der Waals surface area contributed by atoms with Crippen molar-refractivity contribution in [3.63, 3.8) is 0 Å². The second-order valence-electron chi connectivity index (χ2n) is 6.57. The number of hydrogen-bond donors (Lipinski definition) is 0. The first kappa shape index (κ1) is 16.1. The molecule has 5 heteroatoms. The molecule has 0 aliphatic heterocycles. The summed E-state index contributed by atoms with van der Waals surface area (Å²) < 4.78 is 2.16. The highest BCUT2D eigenvalue weighted by Gasteiger charge is 2.25. The Hall–Kier alpha value is -3.34. The molecule has 0 fully saturated rings. The summed E-state index contributed by atoms with van der Waals surface area (Å²) in [6.45, 7) is 0.670. The summed E-state index contributed by atoms with van der Waals surface area (Å²) in [5, 5.41) is 13.5. The smallest absolute Gasteiger partial charge is 0.302 e. The Morgan fingerprint density at radius 3 is 2.31 bits per heavy atom. The van der Waals surface area contributed by atoms with Crippen molar-refractivity contribution in [3.05, 3.63) is 82.4 Å². The maximum atomic E-state index is 11.9. The number of nitro groups is 1. The van der Waals surface area contributed by atoms with E-state index in [1.54, 1.807) is 4.90 Å². The number of nitro benzene ring substituents is 1. The first-order chi connectivity index (χ1) is 12.6. The molecule has 0 radical (unpaired) electrons. The molecule has 0 N–H and O–H groups in total. The number of rotatable bonds is 4. The molecule has 4 rings (SSSR count). The minimum Gasteiger partial charge on any atom is -0.372 e. The van der Waals surface area contributed by atoms with Gasteiger partial charge in [0.1, 0.15) is 5.69 Å². The predicted octanol–water partition coefficient (Wildman–Crippen LogP) is 4.82. The molecule has 1 heterocycles. The van der Waals surface area contributed by atoms with Crippen LogP contribution in [0.15, 0.2) is 66.7 Å². The third kappa shape index (κ3) is 2.49. The quantitative estimate of drug-likeness (QED) is 0.394. The van der Waals surface area contributed by atoms with Crippen LogP contribution in [0.25, 0.3) is 21.8 Å². The highest BCUT2D eigenvalue weighted by Crippen LogP contribution is 2.41. The fraction of sp³-hybridized carbons (Fsp3) is 0.143. The molecule has 130 valence electrons. The van der Waals surface area contributed by atoms with Gasteiger partial charge in [0.05, 0.1) is 15.8 Å². The number of anilines is 1. The topological polar surface area (TPSA) is 51.3 Å². The van der Waals surface area contributed by atoms with Crippen molar-refractivity contribution in [1.82, 2.24) is 4.57 Å². The first-order valence-electron chi connectivity index (χ1n) is 8.47. The molecule has 26 heavy (non-hydrogen) atoms. The molecule has 0 saturated carbocycles. The minimum atomic E-state index is -0.267.